The van der Waals surface area contributed by atoms with Gasteiger partial charge in [-0.25, -0.2) is 4.39 Å². The van der Waals surface area contributed by atoms with Crippen molar-refractivity contribution in [3.63, 3.8) is 0 Å². The summed E-state index contributed by atoms with van der Waals surface area (Å²) >= 11 is 0. The van der Waals surface area contributed by atoms with E-state index in [2.05, 4.69) is 15.4 Å². The number of tetrazole rings is 1. The molecule has 3 aromatic rings. The number of ether oxygens (including phenoxy) is 2. The van der Waals surface area contributed by atoms with E-state index >= 15 is 0 Å². The average molecular weight is 340 g/mol. The van der Waals surface area contributed by atoms with E-state index in [0.29, 0.717) is 34.0 Å². The molecule has 4 rings (SSSR count). The van der Waals surface area contributed by atoms with E-state index in [0.717, 1.165) is 0 Å². The predicted molar refractivity (Wildman–Crippen MR) is 84.8 cm³/mol. The van der Waals surface area contributed by atoms with Gasteiger partial charge in [-0.15, -0.1) is 10.2 Å². The molecule has 0 fully saturated rings. The van der Waals surface area contributed by atoms with Crippen molar-refractivity contribution in [3.05, 3.63) is 53.3 Å². The number of Topliss-reactive ketones (excluding diaryl/α,β-unsaturated/α-hetero) is 1. The largest absolute Gasteiger partial charge is 0.454 e. The molecule has 0 unspecified atom stereocenters. The number of carbonyl (C=O) groups is 1. The molecule has 0 bridgehead atoms. The van der Waals surface area contributed by atoms with E-state index in [4.69, 9.17) is 9.47 Å². The van der Waals surface area contributed by atoms with Crippen molar-refractivity contribution in [2.75, 3.05) is 6.79 Å². The van der Waals surface area contributed by atoms with Crippen molar-refractivity contribution in [1.29, 1.82) is 0 Å². The van der Waals surface area contributed by atoms with E-state index in [1.807, 2.05) is 0 Å². The Balaban J connectivity index is 1.52. The van der Waals surface area contributed by atoms with Gasteiger partial charge in [-0.3, -0.25) is 4.79 Å². The number of halogens is 1. The van der Waals surface area contributed by atoms with Crippen molar-refractivity contribution in [3.8, 4) is 22.9 Å². The van der Waals surface area contributed by atoms with Crippen LogP contribution in [-0.2, 0) is 6.54 Å². The Morgan fingerprint density at radius 2 is 2.04 bits per heavy atom. The van der Waals surface area contributed by atoms with Crippen LogP contribution in [0.3, 0.4) is 0 Å². The summed E-state index contributed by atoms with van der Waals surface area (Å²) in [6.07, 6.45) is 0. The molecule has 0 radical (unpaired) electrons. The number of rotatable bonds is 4. The molecule has 7 nitrogen and oxygen atoms in total. The Bertz CT molecular complexity index is 970. The van der Waals surface area contributed by atoms with Crippen molar-refractivity contribution in [1.82, 2.24) is 20.2 Å². The molecule has 8 heteroatoms. The van der Waals surface area contributed by atoms with E-state index in [1.54, 1.807) is 37.3 Å². The molecule has 0 atom stereocenters. The zero-order chi connectivity index (χ0) is 17.4. The summed E-state index contributed by atoms with van der Waals surface area (Å²) in [5.74, 6) is 1.01. The van der Waals surface area contributed by atoms with Crippen molar-refractivity contribution < 1.29 is 18.7 Å². The highest BCUT2D eigenvalue weighted by Crippen LogP contribution is 2.32. The fraction of sp³-hybridized carbons (Fsp3) is 0.176. The number of hydrogen-bond acceptors (Lipinski definition) is 6. The van der Waals surface area contributed by atoms with Crippen LogP contribution in [0.5, 0.6) is 11.5 Å². The lowest BCUT2D eigenvalue weighted by atomic mass is 10.1. The molecule has 126 valence electrons. The molecule has 1 aliphatic heterocycles. The molecule has 25 heavy (non-hydrogen) atoms. The highest BCUT2D eigenvalue weighted by Gasteiger charge is 2.17. The maximum atomic E-state index is 13.3. The number of hydrogen-bond donors (Lipinski definition) is 0. The zero-order valence-corrected chi connectivity index (χ0v) is 13.3. The third-order valence-corrected chi connectivity index (χ3v) is 3.85. The molecule has 2 heterocycles. The monoisotopic (exact) mass is 340 g/mol. The average Bonchev–Trinajstić information content (AvgIpc) is 3.25. The Hall–Kier alpha value is -3.29. The summed E-state index contributed by atoms with van der Waals surface area (Å²) in [6, 6.07) is 9.54. The van der Waals surface area contributed by atoms with Gasteiger partial charge in [0.25, 0.3) is 0 Å². The van der Waals surface area contributed by atoms with Gasteiger partial charge in [-0.1, -0.05) is 0 Å². The summed E-state index contributed by atoms with van der Waals surface area (Å²) in [6.45, 7) is 1.75. The van der Waals surface area contributed by atoms with E-state index in [-0.39, 0.29) is 24.9 Å². The number of benzene rings is 2. The smallest absolute Gasteiger partial charge is 0.231 e. The number of ketones is 1. The molecule has 0 amide bonds. The summed E-state index contributed by atoms with van der Waals surface area (Å²) in [5, 5.41) is 12.0. The van der Waals surface area contributed by atoms with Gasteiger partial charge in [0, 0.05) is 11.1 Å². The SMILES string of the molecule is Cc1cc(-c2nnn(CC(=O)c3ccc4c(c3)OCO4)n2)ccc1F. The van der Waals surface area contributed by atoms with Crippen molar-refractivity contribution in [2.24, 2.45) is 0 Å². The second-order valence-electron chi connectivity index (χ2n) is 5.60. The quantitative estimate of drug-likeness (QED) is 0.679. The van der Waals surface area contributed by atoms with Crippen LogP contribution in [0.15, 0.2) is 36.4 Å². The third kappa shape index (κ3) is 2.93. The molecule has 0 saturated carbocycles. The lowest BCUT2D eigenvalue weighted by Crippen LogP contribution is -2.13. The summed E-state index contributed by atoms with van der Waals surface area (Å²) in [5.41, 5.74) is 1.60. The van der Waals surface area contributed by atoms with Crippen molar-refractivity contribution >= 4 is 5.78 Å². The molecule has 2 aromatic carbocycles. The minimum Gasteiger partial charge on any atom is -0.454 e. The summed E-state index contributed by atoms with van der Waals surface area (Å²) < 4.78 is 23.8. The molecule has 0 N–H and O–H groups in total. The Labute approximate surface area is 142 Å². The minimum absolute atomic E-state index is 0.0627. The minimum atomic E-state index is -0.297. The Morgan fingerprint density at radius 1 is 1.20 bits per heavy atom. The molecule has 0 aliphatic carbocycles. The second kappa shape index (κ2) is 5.97. The molecule has 1 aliphatic rings. The second-order valence-corrected chi connectivity index (χ2v) is 5.60. The molecule has 0 saturated heterocycles. The van der Waals surface area contributed by atoms with Crippen LogP contribution in [0.2, 0.25) is 0 Å². The van der Waals surface area contributed by atoms with Crippen LogP contribution < -0.4 is 9.47 Å². The van der Waals surface area contributed by atoms with Gasteiger partial charge < -0.3 is 9.47 Å². The third-order valence-electron chi connectivity index (χ3n) is 3.85. The first-order chi connectivity index (χ1) is 12.1. The number of aromatic nitrogens is 4. The number of aryl methyl sites for hydroxylation is 1. The van der Waals surface area contributed by atoms with Gasteiger partial charge in [-0.2, -0.15) is 4.80 Å². The van der Waals surface area contributed by atoms with Crippen LogP contribution in [0, 0.1) is 12.7 Å². The zero-order valence-electron chi connectivity index (χ0n) is 13.3. The number of fused-ring (bicyclic) bond motifs is 1. The Kier molecular flexibility index (Phi) is 3.64. The van der Waals surface area contributed by atoms with Crippen molar-refractivity contribution in [2.45, 2.75) is 13.5 Å². The molecule has 1 aromatic heterocycles. The van der Waals surface area contributed by atoms with Crippen LogP contribution in [0.4, 0.5) is 4.39 Å². The van der Waals surface area contributed by atoms with E-state index in [9.17, 15) is 9.18 Å². The van der Waals surface area contributed by atoms with E-state index < -0.39 is 0 Å². The first kappa shape index (κ1) is 15.3. The van der Waals surface area contributed by atoms with Gasteiger partial charge in [0.1, 0.15) is 12.4 Å². The predicted octanol–water partition coefficient (Wildman–Crippen LogP) is 2.40. The maximum absolute atomic E-state index is 13.3. The topological polar surface area (TPSA) is 79.1 Å². The maximum Gasteiger partial charge on any atom is 0.231 e. The van der Waals surface area contributed by atoms with Crippen LogP contribution in [0.1, 0.15) is 15.9 Å². The highest BCUT2D eigenvalue weighted by atomic mass is 19.1. The van der Waals surface area contributed by atoms with Crippen LogP contribution >= 0.6 is 0 Å². The van der Waals surface area contributed by atoms with Crippen LogP contribution in [-0.4, -0.2) is 32.8 Å². The number of carbonyl (C=O) groups excluding carboxylic acids is 1. The fourth-order valence-corrected chi connectivity index (χ4v) is 2.50. The van der Waals surface area contributed by atoms with Gasteiger partial charge in [0.15, 0.2) is 17.3 Å². The van der Waals surface area contributed by atoms with Gasteiger partial charge >= 0.3 is 0 Å². The van der Waals surface area contributed by atoms with Gasteiger partial charge in [-0.05, 0) is 54.1 Å². The molecular formula is C17H13FN4O3. The first-order valence-electron chi connectivity index (χ1n) is 7.57. The van der Waals surface area contributed by atoms with E-state index in [1.165, 1.54) is 10.9 Å². The molecule has 0 spiro atoms. The molecular weight excluding hydrogens is 327 g/mol. The summed E-state index contributed by atoms with van der Waals surface area (Å²) in [7, 11) is 0. The summed E-state index contributed by atoms with van der Waals surface area (Å²) in [4.78, 5) is 13.6. The highest BCUT2D eigenvalue weighted by molar-refractivity contribution is 5.96. The standard InChI is InChI=1S/C17H13FN4O3/c1-10-6-12(2-4-13(10)18)17-19-21-22(20-17)8-14(23)11-3-5-15-16(7-11)25-9-24-15/h2-7H,8-9H2,1H3. The lowest BCUT2D eigenvalue weighted by Gasteiger charge is -2.02. The van der Waals surface area contributed by atoms with Crippen LogP contribution in [0.25, 0.3) is 11.4 Å². The Morgan fingerprint density at radius 3 is 2.88 bits per heavy atom. The lowest BCUT2D eigenvalue weighted by molar-refractivity contribution is 0.0961. The first-order valence-corrected chi connectivity index (χ1v) is 7.57. The number of nitrogens with zero attached hydrogens (tertiary/aromatic N) is 4. The van der Waals surface area contributed by atoms with Gasteiger partial charge in [0.2, 0.25) is 12.6 Å². The fourth-order valence-electron chi connectivity index (χ4n) is 2.50. The normalized spacial score (nSPS) is 12.4. The van der Waals surface area contributed by atoms with Gasteiger partial charge in [0.05, 0.1) is 0 Å².